The third kappa shape index (κ3) is 8.30. The zero-order chi connectivity index (χ0) is 21.6. The van der Waals surface area contributed by atoms with Crippen LogP contribution in [0.15, 0.2) is 24.5 Å². The van der Waals surface area contributed by atoms with Gasteiger partial charge in [0.25, 0.3) is 11.1 Å². The molecule has 3 rings (SSSR count). The monoisotopic (exact) mass is 469 g/mol. The molecule has 11 nitrogen and oxygen atoms in total. The highest BCUT2D eigenvalue weighted by atomic mass is 32.1. The van der Waals surface area contributed by atoms with Crippen LogP contribution in [0.25, 0.3) is 11.3 Å². The molecule has 0 unspecified atom stereocenters. The number of rotatable bonds is 16. The first-order chi connectivity index (χ1) is 15.4. The van der Waals surface area contributed by atoms with Crippen molar-refractivity contribution in [2.75, 3.05) is 60.0 Å². The summed E-state index contributed by atoms with van der Waals surface area (Å²) in [6, 6.07) is 4.06. The van der Waals surface area contributed by atoms with Crippen LogP contribution >= 0.6 is 23.3 Å². The second kappa shape index (κ2) is 13.8. The molecular formula is C18H23N5O6S2. The van der Waals surface area contributed by atoms with E-state index in [9.17, 15) is 0 Å². The van der Waals surface area contributed by atoms with E-state index in [1.165, 1.54) is 7.11 Å². The van der Waals surface area contributed by atoms with Crippen LogP contribution in [0.5, 0.6) is 17.1 Å². The predicted octanol–water partition coefficient (Wildman–Crippen LogP) is 1.97. The third-order valence-electron chi connectivity index (χ3n) is 3.63. The summed E-state index contributed by atoms with van der Waals surface area (Å²) in [5.41, 5.74) is 1.56. The molecule has 0 bridgehead atoms. The van der Waals surface area contributed by atoms with Crippen LogP contribution in [-0.4, -0.2) is 83.1 Å². The van der Waals surface area contributed by atoms with Gasteiger partial charge in [-0.25, -0.2) is 0 Å². The summed E-state index contributed by atoms with van der Waals surface area (Å²) in [6.45, 7) is 3.52. The molecule has 3 heterocycles. The molecule has 0 radical (unpaired) electrons. The fraction of sp³-hybridized carbons (Fsp3) is 0.500. The summed E-state index contributed by atoms with van der Waals surface area (Å²) >= 11 is 2.24. The molecule has 0 atom stereocenters. The van der Waals surface area contributed by atoms with Gasteiger partial charge in [-0.3, -0.25) is 4.98 Å². The lowest BCUT2D eigenvalue weighted by Gasteiger charge is -2.08. The molecule has 0 aliphatic heterocycles. The summed E-state index contributed by atoms with van der Waals surface area (Å²) in [4.78, 5) is 8.08. The Hall–Kier alpha value is -2.45. The zero-order valence-corrected chi connectivity index (χ0v) is 18.6. The molecule has 31 heavy (non-hydrogen) atoms. The lowest BCUT2D eigenvalue weighted by Crippen LogP contribution is -2.14. The Morgan fingerprint density at radius 3 is 2.19 bits per heavy atom. The Morgan fingerprint density at radius 1 is 0.839 bits per heavy atom. The molecule has 3 aromatic rings. The molecule has 0 fully saturated rings. The lowest BCUT2D eigenvalue weighted by molar-refractivity contribution is 0.00483. The summed E-state index contributed by atoms with van der Waals surface area (Å²) in [5, 5.41) is 0.456. The first kappa shape index (κ1) is 23.2. The predicted molar refractivity (Wildman–Crippen MR) is 113 cm³/mol. The van der Waals surface area contributed by atoms with E-state index in [1.54, 1.807) is 12.4 Å². The number of ether oxygens (including phenoxy) is 6. The van der Waals surface area contributed by atoms with E-state index in [-0.39, 0.29) is 0 Å². The SMILES string of the molecule is COc1nsc(OCCOCCOCCOCCOc2nsnc2-c2cccnc2)n1. The van der Waals surface area contributed by atoms with Crippen LogP contribution in [0.1, 0.15) is 0 Å². The van der Waals surface area contributed by atoms with Crippen LogP contribution < -0.4 is 14.2 Å². The molecule has 3 aromatic heterocycles. The number of pyridine rings is 1. The van der Waals surface area contributed by atoms with Gasteiger partial charge in [0.05, 0.1) is 58.5 Å². The quantitative estimate of drug-likeness (QED) is 0.286. The fourth-order valence-corrected chi connectivity index (χ4v) is 3.27. The Kier molecular flexibility index (Phi) is 10.3. The lowest BCUT2D eigenvalue weighted by atomic mass is 10.2. The molecule has 0 amide bonds. The van der Waals surface area contributed by atoms with Gasteiger partial charge < -0.3 is 28.4 Å². The van der Waals surface area contributed by atoms with E-state index in [1.807, 2.05) is 12.1 Å². The van der Waals surface area contributed by atoms with Gasteiger partial charge in [0.2, 0.25) is 0 Å². The molecule has 0 spiro atoms. The normalized spacial score (nSPS) is 10.9. The van der Waals surface area contributed by atoms with Crippen molar-refractivity contribution in [2.24, 2.45) is 0 Å². The van der Waals surface area contributed by atoms with Crippen molar-refractivity contribution in [2.45, 2.75) is 0 Å². The minimum atomic E-state index is 0.303. The summed E-state index contributed by atoms with van der Waals surface area (Å²) in [6.07, 6.45) is 3.43. The van der Waals surface area contributed by atoms with Crippen LogP contribution in [0.2, 0.25) is 0 Å². The molecule has 0 saturated carbocycles. The smallest absolute Gasteiger partial charge is 0.331 e. The molecule has 168 valence electrons. The molecule has 0 aliphatic carbocycles. The molecule has 0 saturated heterocycles. The van der Waals surface area contributed by atoms with E-state index in [0.29, 0.717) is 75.6 Å². The van der Waals surface area contributed by atoms with Crippen molar-refractivity contribution in [1.82, 2.24) is 23.1 Å². The van der Waals surface area contributed by atoms with Gasteiger partial charge in [0.15, 0.2) is 0 Å². The van der Waals surface area contributed by atoms with E-state index in [0.717, 1.165) is 28.8 Å². The number of aromatic nitrogens is 5. The minimum absolute atomic E-state index is 0.303. The fourth-order valence-electron chi connectivity index (χ4n) is 2.22. The first-order valence-electron chi connectivity index (χ1n) is 9.46. The highest BCUT2D eigenvalue weighted by Gasteiger charge is 2.11. The Bertz CT molecular complexity index is 866. The zero-order valence-electron chi connectivity index (χ0n) is 17.0. The average Bonchev–Trinajstić information content (AvgIpc) is 3.47. The number of methoxy groups -OCH3 is 1. The summed E-state index contributed by atoms with van der Waals surface area (Å²) < 4.78 is 44.6. The molecule has 0 N–H and O–H groups in total. The van der Waals surface area contributed by atoms with Crippen molar-refractivity contribution >= 4 is 23.3 Å². The highest BCUT2D eigenvalue weighted by Crippen LogP contribution is 2.26. The number of hydrogen-bond acceptors (Lipinski definition) is 13. The molecule has 13 heteroatoms. The average molecular weight is 470 g/mol. The molecular weight excluding hydrogens is 446 g/mol. The standard InChI is InChI=1S/C18H23N5O6S2/c1-24-17-20-18(30-23-17)29-12-10-27-8-6-25-5-7-26-9-11-28-16-15(21-31-22-16)14-3-2-4-19-13-14/h2-4,13H,5-12H2,1H3. The minimum Gasteiger partial charge on any atom is -0.473 e. The van der Waals surface area contributed by atoms with Gasteiger partial charge in [-0.15, -0.1) is 13.7 Å². The maximum Gasteiger partial charge on any atom is 0.331 e. The van der Waals surface area contributed by atoms with Crippen molar-refractivity contribution in [3.05, 3.63) is 24.5 Å². The van der Waals surface area contributed by atoms with Crippen molar-refractivity contribution in [3.63, 3.8) is 0 Å². The van der Waals surface area contributed by atoms with Gasteiger partial charge in [-0.1, -0.05) is 0 Å². The summed E-state index contributed by atoms with van der Waals surface area (Å²) in [7, 11) is 1.51. The van der Waals surface area contributed by atoms with Gasteiger partial charge in [0.1, 0.15) is 18.9 Å². The Morgan fingerprint density at radius 2 is 1.55 bits per heavy atom. The van der Waals surface area contributed by atoms with Crippen molar-refractivity contribution in [1.29, 1.82) is 0 Å². The van der Waals surface area contributed by atoms with Gasteiger partial charge in [0, 0.05) is 29.5 Å². The molecule has 0 aliphatic rings. The van der Waals surface area contributed by atoms with Gasteiger partial charge in [-0.05, 0) is 12.1 Å². The maximum atomic E-state index is 5.65. The van der Waals surface area contributed by atoms with E-state index < -0.39 is 0 Å². The van der Waals surface area contributed by atoms with E-state index in [2.05, 4.69) is 23.1 Å². The topological polar surface area (TPSA) is 120 Å². The van der Waals surface area contributed by atoms with Crippen LogP contribution in [0.4, 0.5) is 0 Å². The Labute approximate surface area is 187 Å². The van der Waals surface area contributed by atoms with Gasteiger partial charge >= 0.3 is 6.01 Å². The second-order valence-corrected chi connectivity index (χ2v) is 6.98. The Balaban J connectivity index is 1.13. The highest BCUT2D eigenvalue weighted by molar-refractivity contribution is 7.07. The maximum absolute atomic E-state index is 5.65. The van der Waals surface area contributed by atoms with Gasteiger partial charge in [-0.2, -0.15) is 4.37 Å². The summed E-state index contributed by atoms with van der Waals surface area (Å²) in [5.74, 6) is 0.490. The van der Waals surface area contributed by atoms with Crippen LogP contribution in [0.3, 0.4) is 0 Å². The van der Waals surface area contributed by atoms with Crippen molar-refractivity contribution in [3.8, 4) is 28.3 Å². The number of nitrogens with zero attached hydrogens (tertiary/aromatic N) is 5. The number of hydrogen-bond donors (Lipinski definition) is 0. The van der Waals surface area contributed by atoms with E-state index >= 15 is 0 Å². The molecule has 0 aromatic carbocycles. The van der Waals surface area contributed by atoms with Crippen molar-refractivity contribution < 1.29 is 28.4 Å². The second-order valence-electron chi connectivity index (χ2n) is 5.74. The third-order valence-corrected chi connectivity index (χ3v) is 4.75. The van der Waals surface area contributed by atoms with Crippen LogP contribution in [0, 0.1) is 0 Å². The van der Waals surface area contributed by atoms with Crippen LogP contribution in [-0.2, 0) is 14.2 Å². The van der Waals surface area contributed by atoms with E-state index in [4.69, 9.17) is 28.4 Å². The first-order valence-corrected chi connectivity index (χ1v) is 11.0. The largest absolute Gasteiger partial charge is 0.473 e.